The summed E-state index contributed by atoms with van der Waals surface area (Å²) in [6, 6.07) is 7.80. The van der Waals surface area contributed by atoms with E-state index in [9.17, 15) is 0 Å². The minimum Gasteiger partial charge on any atom is -0.253 e. The third kappa shape index (κ3) is 5.44. The molecule has 0 saturated carbocycles. The fraction of sp³-hybridized carbons (Fsp3) is 0.429. The Bertz CT molecular complexity index is 304. The Morgan fingerprint density at radius 3 is 1.50 bits per heavy atom. The molecule has 1 aromatic heterocycles. The highest BCUT2D eigenvalue weighted by molar-refractivity contribution is 5.72. The minimum atomic E-state index is 0.949. The SMILES string of the molecule is CC.CCCC.c1ccc2nccnc2c1. The fourth-order valence-corrected chi connectivity index (χ4v) is 0.910. The van der Waals surface area contributed by atoms with Crippen LogP contribution in [0.4, 0.5) is 0 Å². The first-order valence-electron chi connectivity index (χ1n) is 6.04. The average Bonchev–Trinajstić information content (AvgIpc) is 2.41. The summed E-state index contributed by atoms with van der Waals surface area (Å²) in [5, 5.41) is 0. The Hall–Kier alpha value is -1.44. The molecule has 0 aliphatic heterocycles. The van der Waals surface area contributed by atoms with Gasteiger partial charge in [-0.05, 0) is 12.1 Å². The van der Waals surface area contributed by atoms with Gasteiger partial charge in [-0.15, -0.1) is 0 Å². The second kappa shape index (κ2) is 10.1. The molecule has 2 aromatic rings. The van der Waals surface area contributed by atoms with E-state index in [1.807, 2.05) is 38.1 Å². The molecule has 0 bridgehead atoms. The van der Waals surface area contributed by atoms with Gasteiger partial charge in [0.2, 0.25) is 0 Å². The Morgan fingerprint density at radius 1 is 0.812 bits per heavy atom. The van der Waals surface area contributed by atoms with Gasteiger partial charge in [-0.1, -0.05) is 52.7 Å². The van der Waals surface area contributed by atoms with Gasteiger partial charge in [0.05, 0.1) is 11.0 Å². The monoisotopic (exact) mass is 218 g/mol. The average molecular weight is 218 g/mol. The van der Waals surface area contributed by atoms with Crippen LogP contribution in [0.5, 0.6) is 0 Å². The zero-order valence-electron chi connectivity index (χ0n) is 10.8. The van der Waals surface area contributed by atoms with Crippen molar-refractivity contribution in [3.05, 3.63) is 36.7 Å². The first-order chi connectivity index (χ1) is 7.88. The third-order valence-corrected chi connectivity index (χ3v) is 1.88. The zero-order valence-corrected chi connectivity index (χ0v) is 10.8. The Kier molecular flexibility index (Phi) is 9.18. The smallest absolute Gasteiger partial charge is 0.0886 e. The van der Waals surface area contributed by atoms with Crippen LogP contribution < -0.4 is 0 Å². The molecule has 0 N–H and O–H groups in total. The van der Waals surface area contributed by atoms with Crippen LogP contribution >= 0.6 is 0 Å². The van der Waals surface area contributed by atoms with Crippen molar-refractivity contribution in [2.24, 2.45) is 0 Å². The number of benzene rings is 1. The normalized spacial score (nSPS) is 8.50. The second-order valence-corrected chi connectivity index (χ2v) is 3.05. The van der Waals surface area contributed by atoms with Crippen LogP contribution in [0.3, 0.4) is 0 Å². The fourth-order valence-electron chi connectivity index (χ4n) is 0.910. The van der Waals surface area contributed by atoms with E-state index in [0.717, 1.165) is 11.0 Å². The molecule has 0 unspecified atom stereocenters. The number of nitrogens with zero attached hydrogens (tertiary/aromatic N) is 2. The van der Waals surface area contributed by atoms with Crippen LogP contribution in [0.1, 0.15) is 40.5 Å². The van der Waals surface area contributed by atoms with Gasteiger partial charge in [-0.3, -0.25) is 9.97 Å². The van der Waals surface area contributed by atoms with E-state index < -0.39 is 0 Å². The van der Waals surface area contributed by atoms with Crippen LogP contribution in [0.15, 0.2) is 36.7 Å². The van der Waals surface area contributed by atoms with Crippen LogP contribution in [-0.2, 0) is 0 Å². The highest BCUT2D eigenvalue weighted by atomic mass is 14.8. The van der Waals surface area contributed by atoms with E-state index in [1.165, 1.54) is 12.8 Å². The minimum absolute atomic E-state index is 0.949. The lowest BCUT2D eigenvalue weighted by molar-refractivity contribution is 0.886. The number of rotatable bonds is 1. The van der Waals surface area contributed by atoms with Gasteiger partial charge >= 0.3 is 0 Å². The third-order valence-electron chi connectivity index (χ3n) is 1.88. The van der Waals surface area contributed by atoms with Crippen molar-refractivity contribution in [1.29, 1.82) is 0 Å². The lowest BCUT2D eigenvalue weighted by Crippen LogP contribution is -1.78. The molecule has 0 atom stereocenters. The molecule has 2 rings (SSSR count). The molecule has 0 aliphatic rings. The molecule has 2 heteroatoms. The molecule has 16 heavy (non-hydrogen) atoms. The summed E-state index contributed by atoms with van der Waals surface area (Å²) in [5.74, 6) is 0. The standard InChI is InChI=1S/C8H6N2.C4H10.C2H6/c1-2-4-8-7(3-1)9-5-6-10-8;1-3-4-2;1-2/h1-6H;3-4H2,1-2H3;1-2H3. The van der Waals surface area contributed by atoms with Gasteiger partial charge in [0.25, 0.3) is 0 Å². The summed E-state index contributed by atoms with van der Waals surface area (Å²) in [5.41, 5.74) is 1.90. The van der Waals surface area contributed by atoms with Crippen molar-refractivity contribution < 1.29 is 0 Å². The highest BCUT2D eigenvalue weighted by Gasteiger charge is 1.88. The molecule has 2 nitrogen and oxygen atoms in total. The number of unbranched alkanes of at least 4 members (excludes halogenated alkanes) is 1. The molecule has 1 aromatic carbocycles. The van der Waals surface area contributed by atoms with Crippen LogP contribution in [0.2, 0.25) is 0 Å². The largest absolute Gasteiger partial charge is 0.253 e. The highest BCUT2D eigenvalue weighted by Crippen LogP contribution is 2.04. The van der Waals surface area contributed by atoms with Gasteiger partial charge < -0.3 is 0 Å². The molecule has 1 heterocycles. The van der Waals surface area contributed by atoms with E-state index in [0.29, 0.717) is 0 Å². The summed E-state index contributed by atoms with van der Waals surface area (Å²) < 4.78 is 0. The number of aromatic nitrogens is 2. The molecule has 0 amide bonds. The molecule has 0 saturated heterocycles. The first kappa shape index (κ1) is 14.6. The summed E-state index contributed by atoms with van der Waals surface area (Å²) in [6.45, 7) is 8.36. The van der Waals surface area contributed by atoms with Gasteiger partial charge in [-0.25, -0.2) is 0 Å². The van der Waals surface area contributed by atoms with Crippen molar-refractivity contribution in [3.8, 4) is 0 Å². The van der Waals surface area contributed by atoms with Gasteiger partial charge in [0.15, 0.2) is 0 Å². The molecule has 0 fully saturated rings. The van der Waals surface area contributed by atoms with E-state index in [2.05, 4.69) is 23.8 Å². The number of hydrogen-bond acceptors (Lipinski definition) is 2. The summed E-state index contributed by atoms with van der Waals surface area (Å²) in [7, 11) is 0. The maximum atomic E-state index is 4.12. The van der Waals surface area contributed by atoms with Crippen molar-refractivity contribution in [1.82, 2.24) is 9.97 Å². The molecule has 0 radical (unpaired) electrons. The maximum absolute atomic E-state index is 4.12. The molecular weight excluding hydrogens is 196 g/mol. The molecule has 0 aliphatic carbocycles. The van der Waals surface area contributed by atoms with Crippen LogP contribution in [0.25, 0.3) is 11.0 Å². The van der Waals surface area contributed by atoms with Crippen LogP contribution in [0, 0.1) is 0 Å². The Balaban J connectivity index is 0.000000323. The van der Waals surface area contributed by atoms with Gasteiger partial charge in [0.1, 0.15) is 0 Å². The van der Waals surface area contributed by atoms with Crippen molar-refractivity contribution in [2.75, 3.05) is 0 Å². The summed E-state index contributed by atoms with van der Waals surface area (Å²) in [6.07, 6.45) is 6.03. The van der Waals surface area contributed by atoms with Gasteiger partial charge in [-0.2, -0.15) is 0 Å². The Morgan fingerprint density at radius 2 is 1.19 bits per heavy atom. The number of fused-ring (bicyclic) bond motifs is 1. The van der Waals surface area contributed by atoms with Crippen molar-refractivity contribution in [3.63, 3.8) is 0 Å². The van der Waals surface area contributed by atoms with Crippen molar-refractivity contribution in [2.45, 2.75) is 40.5 Å². The van der Waals surface area contributed by atoms with Gasteiger partial charge in [0, 0.05) is 12.4 Å². The molecule has 0 spiro atoms. The summed E-state index contributed by atoms with van der Waals surface area (Å²) in [4.78, 5) is 8.24. The lowest BCUT2D eigenvalue weighted by Gasteiger charge is -1.90. The Labute approximate surface area is 98.8 Å². The topological polar surface area (TPSA) is 25.8 Å². The van der Waals surface area contributed by atoms with E-state index in [1.54, 1.807) is 12.4 Å². The van der Waals surface area contributed by atoms with Crippen molar-refractivity contribution >= 4 is 11.0 Å². The predicted molar refractivity (Wildman–Crippen MR) is 71.5 cm³/mol. The molecular formula is C14H22N2. The predicted octanol–water partition coefficient (Wildman–Crippen LogP) is 4.46. The maximum Gasteiger partial charge on any atom is 0.0886 e. The summed E-state index contributed by atoms with van der Waals surface area (Å²) >= 11 is 0. The van der Waals surface area contributed by atoms with E-state index in [-0.39, 0.29) is 0 Å². The lowest BCUT2D eigenvalue weighted by atomic mass is 10.3. The van der Waals surface area contributed by atoms with E-state index >= 15 is 0 Å². The zero-order chi connectivity index (χ0) is 12.2. The quantitative estimate of drug-likeness (QED) is 0.706. The molecule has 88 valence electrons. The van der Waals surface area contributed by atoms with Crippen LogP contribution in [-0.4, -0.2) is 9.97 Å². The first-order valence-corrected chi connectivity index (χ1v) is 6.04. The number of hydrogen-bond donors (Lipinski definition) is 0. The second-order valence-electron chi connectivity index (χ2n) is 3.05. The number of para-hydroxylation sites is 2. The van der Waals surface area contributed by atoms with E-state index in [4.69, 9.17) is 0 Å².